The van der Waals surface area contributed by atoms with E-state index in [9.17, 15) is 4.79 Å². The van der Waals surface area contributed by atoms with Gasteiger partial charge in [-0.2, -0.15) is 0 Å². The Morgan fingerprint density at radius 2 is 2.21 bits per heavy atom. The molecule has 0 spiro atoms. The van der Waals surface area contributed by atoms with Gasteiger partial charge in [-0.3, -0.25) is 4.79 Å². The Morgan fingerprint density at radius 1 is 1.50 bits per heavy atom. The number of carbonyl (C=O) groups is 1. The first-order valence-electron chi connectivity index (χ1n) is 5.20. The first kappa shape index (κ1) is 13.7. The van der Waals surface area contributed by atoms with E-state index in [2.05, 4.69) is 12.2 Å². The van der Waals surface area contributed by atoms with Crippen molar-refractivity contribution in [2.75, 3.05) is 6.54 Å². The van der Waals surface area contributed by atoms with E-state index >= 15 is 0 Å². The van der Waals surface area contributed by atoms with Gasteiger partial charge in [-0.05, 0) is 25.3 Å². The van der Waals surface area contributed by atoms with Crippen molar-refractivity contribution in [3.05, 3.63) is 0 Å². The maximum absolute atomic E-state index is 10.6. The highest BCUT2D eigenvalue weighted by Crippen LogP contribution is 2.20. The third kappa shape index (κ3) is 4.29. The molecule has 0 saturated carbocycles. The van der Waals surface area contributed by atoms with Gasteiger partial charge in [0.15, 0.2) is 0 Å². The van der Waals surface area contributed by atoms with Crippen LogP contribution in [-0.4, -0.2) is 23.7 Å². The lowest BCUT2D eigenvalue weighted by Crippen LogP contribution is -2.29. The van der Waals surface area contributed by atoms with Crippen molar-refractivity contribution in [3.63, 3.8) is 0 Å². The monoisotopic (exact) mass is 221 g/mol. The van der Waals surface area contributed by atoms with E-state index in [1.165, 1.54) is 25.7 Å². The molecule has 4 heteroatoms. The highest BCUT2D eigenvalue weighted by atomic mass is 35.5. The number of carboxylic acid groups (broad SMARTS) is 1. The Balaban J connectivity index is 0.00000169. The molecule has 1 rings (SSSR count). The second-order valence-electron chi connectivity index (χ2n) is 3.90. The van der Waals surface area contributed by atoms with Crippen LogP contribution in [0.3, 0.4) is 0 Å². The van der Waals surface area contributed by atoms with Crippen molar-refractivity contribution >= 4 is 18.4 Å². The standard InChI is InChI=1S/C10H19NO2.ClH/c1-2-3-4-5-8-6-9(10(12)13)11-7-8;/h8-9,11H,2-7H2,1H3,(H,12,13);1H/t8?,9-;/m0./s1. The smallest absolute Gasteiger partial charge is 0.320 e. The van der Waals surface area contributed by atoms with Crippen LogP contribution in [-0.2, 0) is 4.79 Å². The summed E-state index contributed by atoms with van der Waals surface area (Å²) >= 11 is 0. The summed E-state index contributed by atoms with van der Waals surface area (Å²) in [6.07, 6.45) is 5.76. The van der Waals surface area contributed by atoms with Crippen LogP contribution in [0.1, 0.15) is 39.0 Å². The van der Waals surface area contributed by atoms with Crippen LogP contribution in [0.5, 0.6) is 0 Å². The van der Waals surface area contributed by atoms with Gasteiger partial charge in [-0.25, -0.2) is 0 Å². The van der Waals surface area contributed by atoms with Crippen LogP contribution in [0.4, 0.5) is 0 Å². The van der Waals surface area contributed by atoms with Crippen LogP contribution < -0.4 is 5.32 Å². The molecule has 14 heavy (non-hydrogen) atoms. The molecule has 1 heterocycles. The summed E-state index contributed by atoms with van der Waals surface area (Å²) in [4.78, 5) is 10.6. The van der Waals surface area contributed by atoms with E-state index in [1.807, 2.05) is 0 Å². The van der Waals surface area contributed by atoms with Gasteiger partial charge in [-0.1, -0.05) is 26.2 Å². The molecule has 0 aromatic carbocycles. The summed E-state index contributed by atoms with van der Waals surface area (Å²) < 4.78 is 0. The van der Waals surface area contributed by atoms with E-state index < -0.39 is 5.97 Å². The number of aliphatic carboxylic acids is 1. The lowest BCUT2D eigenvalue weighted by Gasteiger charge is -2.06. The number of hydrogen-bond acceptors (Lipinski definition) is 2. The van der Waals surface area contributed by atoms with Crippen LogP contribution in [0.2, 0.25) is 0 Å². The average molecular weight is 222 g/mol. The Morgan fingerprint density at radius 3 is 2.71 bits per heavy atom. The van der Waals surface area contributed by atoms with Crippen molar-refractivity contribution in [1.82, 2.24) is 5.32 Å². The normalized spacial score (nSPS) is 25.8. The number of unbranched alkanes of at least 4 members (excludes halogenated alkanes) is 2. The van der Waals surface area contributed by atoms with Gasteiger partial charge >= 0.3 is 5.97 Å². The fraction of sp³-hybridized carbons (Fsp3) is 0.900. The zero-order chi connectivity index (χ0) is 9.68. The van der Waals surface area contributed by atoms with Gasteiger partial charge in [-0.15, -0.1) is 12.4 Å². The first-order valence-corrected chi connectivity index (χ1v) is 5.20. The van der Waals surface area contributed by atoms with Crippen LogP contribution in [0.15, 0.2) is 0 Å². The second-order valence-corrected chi connectivity index (χ2v) is 3.90. The third-order valence-electron chi connectivity index (χ3n) is 2.74. The summed E-state index contributed by atoms with van der Waals surface area (Å²) in [6.45, 7) is 3.08. The van der Waals surface area contributed by atoms with Gasteiger partial charge < -0.3 is 10.4 Å². The molecule has 0 bridgehead atoms. The highest BCUT2D eigenvalue weighted by molar-refractivity contribution is 5.85. The zero-order valence-corrected chi connectivity index (χ0v) is 9.48. The molecule has 0 aromatic rings. The van der Waals surface area contributed by atoms with E-state index in [4.69, 9.17) is 5.11 Å². The quantitative estimate of drug-likeness (QED) is 0.699. The molecule has 1 unspecified atom stereocenters. The number of nitrogens with one attached hydrogen (secondary N) is 1. The molecule has 0 amide bonds. The van der Waals surface area contributed by atoms with Gasteiger partial charge in [0.05, 0.1) is 0 Å². The molecule has 2 atom stereocenters. The fourth-order valence-electron chi connectivity index (χ4n) is 1.90. The van der Waals surface area contributed by atoms with Gasteiger partial charge in [0.25, 0.3) is 0 Å². The Hall–Kier alpha value is -0.280. The first-order chi connectivity index (χ1) is 6.24. The van der Waals surface area contributed by atoms with Crippen molar-refractivity contribution in [1.29, 1.82) is 0 Å². The van der Waals surface area contributed by atoms with Crippen molar-refractivity contribution in [2.45, 2.75) is 45.1 Å². The van der Waals surface area contributed by atoms with Crippen LogP contribution in [0.25, 0.3) is 0 Å². The Kier molecular flexibility index (Phi) is 6.93. The molecule has 84 valence electrons. The Labute approximate surface area is 91.7 Å². The molecule has 1 aliphatic rings. The van der Waals surface area contributed by atoms with Gasteiger partial charge in [0.1, 0.15) is 6.04 Å². The molecule has 0 aliphatic carbocycles. The highest BCUT2D eigenvalue weighted by Gasteiger charge is 2.28. The molecule has 3 nitrogen and oxygen atoms in total. The van der Waals surface area contributed by atoms with Crippen LogP contribution >= 0.6 is 12.4 Å². The van der Waals surface area contributed by atoms with Crippen molar-refractivity contribution in [3.8, 4) is 0 Å². The SMILES string of the molecule is CCCCCC1CN[C@H](C(=O)O)C1.Cl. The van der Waals surface area contributed by atoms with Crippen molar-refractivity contribution < 1.29 is 9.90 Å². The largest absolute Gasteiger partial charge is 0.480 e. The minimum atomic E-state index is -0.696. The lowest BCUT2D eigenvalue weighted by molar-refractivity contribution is -0.139. The number of carboxylic acids is 1. The summed E-state index contributed by atoms with van der Waals surface area (Å²) in [5.74, 6) is -0.106. The third-order valence-corrected chi connectivity index (χ3v) is 2.74. The summed E-state index contributed by atoms with van der Waals surface area (Å²) in [6, 6.07) is -0.286. The number of hydrogen-bond donors (Lipinski definition) is 2. The molecular weight excluding hydrogens is 202 g/mol. The average Bonchev–Trinajstić information content (AvgIpc) is 2.53. The van der Waals surface area contributed by atoms with Gasteiger partial charge in [0, 0.05) is 0 Å². The predicted octanol–water partition coefficient (Wildman–Crippen LogP) is 2.05. The predicted molar refractivity (Wildman–Crippen MR) is 58.9 cm³/mol. The van der Waals surface area contributed by atoms with E-state index in [0.29, 0.717) is 5.92 Å². The lowest BCUT2D eigenvalue weighted by atomic mass is 9.98. The molecule has 1 saturated heterocycles. The Bertz CT molecular complexity index is 176. The molecule has 1 fully saturated rings. The summed E-state index contributed by atoms with van der Waals surface area (Å²) in [7, 11) is 0. The van der Waals surface area contributed by atoms with Gasteiger partial charge in [0.2, 0.25) is 0 Å². The molecule has 2 N–H and O–H groups in total. The summed E-state index contributed by atoms with van der Waals surface area (Å²) in [5, 5.41) is 11.8. The second kappa shape index (κ2) is 7.07. The van der Waals surface area contributed by atoms with E-state index in [-0.39, 0.29) is 18.4 Å². The van der Waals surface area contributed by atoms with E-state index in [1.54, 1.807) is 0 Å². The fourth-order valence-corrected chi connectivity index (χ4v) is 1.90. The van der Waals surface area contributed by atoms with Crippen molar-refractivity contribution in [2.24, 2.45) is 5.92 Å². The zero-order valence-electron chi connectivity index (χ0n) is 8.66. The number of halogens is 1. The maximum atomic E-state index is 10.6. The minimum Gasteiger partial charge on any atom is -0.480 e. The topological polar surface area (TPSA) is 49.3 Å². The van der Waals surface area contributed by atoms with Crippen LogP contribution in [0, 0.1) is 5.92 Å². The molecule has 0 aromatic heterocycles. The summed E-state index contributed by atoms with van der Waals surface area (Å²) in [5.41, 5.74) is 0. The molecule has 0 radical (unpaired) electrons. The molecule has 1 aliphatic heterocycles. The molecular formula is C10H20ClNO2. The number of rotatable bonds is 5. The minimum absolute atomic E-state index is 0. The maximum Gasteiger partial charge on any atom is 0.320 e. The van der Waals surface area contributed by atoms with E-state index in [0.717, 1.165) is 13.0 Å².